The zero-order valence-corrected chi connectivity index (χ0v) is 18.7. The number of piperidine rings is 2. The molecule has 1 aromatic rings. The van der Waals surface area contributed by atoms with Gasteiger partial charge in [0, 0.05) is 44.0 Å². The summed E-state index contributed by atoms with van der Waals surface area (Å²) in [6.45, 7) is 8.74. The Morgan fingerprint density at radius 3 is 2.50 bits per heavy atom. The normalized spacial score (nSPS) is 21.1. The quantitative estimate of drug-likeness (QED) is 0.682. The number of hydrogen-bond donors (Lipinski definition) is 2. The molecule has 2 atom stereocenters. The number of anilines is 2. The molecule has 0 saturated carbocycles. The van der Waals surface area contributed by atoms with E-state index in [1.807, 2.05) is 26.0 Å². The van der Waals surface area contributed by atoms with Crippen molar-refractivity contribution in [1.29, 1.82) is 0 Å². The molecule has 3 rings (SSSR count). The molecule has 2 amide bonds. The Hall–Kier alpha value is -2.08. The number of amides is 2. The van der Waals surface area contributed by atoms with Crippen LogP contribution in [0.4, 0.5) is 11.4 Å². The average Bonchev–Trinajstić information content (AvgIpc) is 2.78. The van der Waals surface area contributed by atoms with Gasteiger partial charge in [-0.25, -0.2) is 0 Å². The van der Waals surface area contributed by atoms with Crippen molar-refractivity contribution in [3.05, 3.63) is 24.3 Å². The highest BCUT2D eigenvalue weighted by atomic mass is 16.2. The Bertz CT molecular complexity index is 685. The van der Waals surface area contributed by atoms with Crippen molar-refractivity contribution in [2.45, 2.75) is 64.8 Å². The van der Waals surface area contributed by atoms with E-state index in [1.165, 1.54) is 24.9 Å². The third-order valence-electron chi connectivity index (χ3n) is 6.40. The number of rotatable bonds is 8. The van der Waals surface area contributed by atoms with E-state index in [-0.39, 0.29) is 17.9 Å². The average molecular weight is 415 g/mol. The van der Waals surface area contributed by atoms with Gasteiger partial charge < -0.3 is 15.5 Å². The predicted molar refractivity (Wildman–Crippen MR) is 123 cm³/mol. The van der Waals surface area contributed by atoms with Crippen molar-refractivity contribution in [1.82, 2.24) is 10.2 Å². The van der Waals surface area contributed by atoms with Crippen LogP contribution in [0.2, 0.25) is 0 Å². The van der Waals surface area contributed by atoms with E-state index in [2.05, 4.69) is 32.6 Å². The first-order valence-electron chi connectivity index (χ1n) is 11.7. The minimum Gasteiger partial charge on any atom is -0.372 e. The predicted octanol–water partition coefficient (Wildman–Crippen LogP) is 3.63. The van der Waals surface area contributed by atoms with Gasteiger partial charge in [0.2, 0.25) is 11.8 Å². The van der Waals surface area contributed by atoms with Crippen LogP contribution in [0, 0.1) is 5.92 Å². The lowest BCUT2D eigenvalue weighted by Gasteiger charge is -2.36. The minimum atomic E-state index is -0.180. The first kappa shape index (κ1) is 22.6. The number of nitrogens with zero attached hydrogens (tertiary/aromatic N) is 2. The monoisotopic (exact) mass is 414 g/mol. The third-order valence-corrected chi connectivity index (χ3v) is 6.40. The smallest absolute Gasteiger partial charge is 0.241 e. The maximum atomic E-state index is 12.8. The third kappa shape index (κ3) is 6.46. The molecule has 0 aromatic heterocycles. The number of carbonyl (C=O) groups excluding carboxylic acids is 2. The molecule has 2 saturated heterocycles. The van der Waals surface area contributed by atoms with Crippen molar-refractivity contribution >= 4 is 23.2 Å². The summed E-state index contributed by atoms with van der Waals surface area (Å²) in [5.41, 5.74) is 2.10. The first-order valence-corrected chi connectivity index (χ1v) is 11.7. The SMILES string of the molecule is CCCC(=O)NCC1CCCN(C(C)C(=O)Nc2ccc(N3CCCCC3)cc2)C1. The molecular formula is C24H38N4O2. The van der Waals surface area contributed by atoms with E-state index < -0.39 is 0 Å². The van der Waals surface area contributed by atoms with Crippen molar-refractivity contribution in [3.63, 3.8) is 0 Å². The highest BCUT2D eigenvalue weighted by molar-refractivity contribution is 5.94. The molecule has 0 radical (unpaired) electrons. The van der Waals surface area contributed by atoms with E-state index in [1.54, 1.807) is 0 Å². The lowest BCUT2D eigenvalue weighted by molar-refractivity contribution is -0.123. The van der Waals surface area contributed by atoms with Gasteiger partial charge in [-0.2, -0.15) is 0 Å². The first-order chi connectivity index (χ1) is 14.6. The number of hydrogen-bond acceptors (Lipinski definition) is 4. The second kappa shape index (κ2) is 11.3. The van der Waals surface area contributed by atoms with Gasteiger partial charge in [0.15, 0.2) is 0 Å². The van der Waals surface area contributed by atoms with Gasteiger partial charge in [0.05, 0.1) is 6.04 Å². The van der Waals surface area contributed by atoms with Crippen LogP contribution >= 0.6 is 0 Å². The Kier molecular flexibility index (Phi) is 8.55. The lowest BCUT2D eigenvalue weighted by Crippen LogP contribution is -2.48. The van der Waals surface area contributed by atoms with Gasteiger partial charge in [-0.3, -0.25) is 14.5 Å². The summed E-state index contributed by atoms with van der Waals surface area (Å²) in [6, 6.07) is 8.07. The van der Waals surface area contributed by atoms with Gasteiger partial charge in [-0.15, -0.1) is 0 Å². The van der Waals surface area contributed by atoms with Gasteiger partial charge in [0.25, 0.3) is 0 Å². The molecule has 30 heavy (non-hydrogen) atoms. The van der Waals surface area contributed by atoms with Crippen molar-refractivity contribution < 1.29 is 9.59 Å². The Morgan fingerprint density at radius 1 is 1.07 bits per heavy atom. The molecule has 2 aliphatic rings. The Morgan fingerprint density at radius 2 is 1.80 bits per heavy atom. The largest absolute Gasteiger partial charge is 0.372 e. The Labute approximate surface area is 181 Å². The molecule has 2 fully saturated rings. The van der Waals surface area contributed by atoms with Crippen LogP contribution in [0.25, 0.3) is 0 Å². The molecule has 1 aromatic carbocycles. The van der Waals surface area contributed by atoms with Crippen LogP contribution in [0.1, 0.15) is 58.8 Å². The minimum absolute atomic E-state index is 0.0383. The van der Waals surface area contributed by atoms with Crippen molar-refractivity contribution in [3.8, 4) is 0 Å². The molecule has 0 spiro atoms. The van der Waals surface area contributed by atoms with Crippen LogP contribution in [-0.2, 0) is 9.59 Å². The van der Waals surface area contributed by atoms with Crippen LogP contribution in [0.3, 0.4) is 0 Å². The molecule has 6 nitrogen and oxygen atoms in total. The molecule has 2 unspecified atom stereocenters. The molecule has 166 valence electrons. The Balaban J connectivity index is 1.48. The van der Waals surface area contributed by atoms with E-state index >= 15 is 0 Å². The maximum Gasteiger partial charge on any atom is 0.241 e. The van der Waals surface area contributed by atoms with Crippen molar-refractivity contribution in [2.75, 3.05) is 42.9 Å². The molecule has 2 N–H and O–H groups in total. The summed E-state index contributed by atoms with van der Waals surface area (Å²) in [7, 11) is 0. The van der Waals surface area contributed by atoms with E-state index in [0.717, 1.165) is 51.1 Å². The van der Waals surface area contributed by atoms with Crippen molar-refractivity contribution in [2.24, 2.45) is 5.92 Å². The number of benzene rings is 1. The molecule has 2 heterocycles. The van der Waals surface area contributed by atoms with Gasteiger partial charge in [0.1, 0.15) is 0 Å². The molecule has 2 aliphatic heterocycles. The highest BCUT2D eigenvalue weighted by Gasteiger charge is 2.27. The summed E-state index contributed by atoms with van der Waals surface area (Å²) in [5, 5.41) is 6.13. The number of likely N-dealkylation sites (tertiary alicyclic amines) is 1. The van der Waals surface area contributed by atoms with Crippen LogP contribution in [0.15, 0.2) is 24.3 Å². The van der Waals surface area contributed by atoms with Crippen LogP contribution in [-0.4, -0.2) is 55.5 Å². The molecular weight excluding hydrogens is 376 g/mol. The van der Waals surface area contributed by atoms with Crippen LogP contribution < -0.4 is 15.5 Å². The lowest BCUT2D eigenvalue weighted by atomic mass is 9.96. The standard InChI is InChI=1S/C24H38N4O2/c1-3-8-23(29)25-17-20-9-7-16-28(18-20)19(2)24(30)26-21-10-12-22(13-11-21)27-14-5-4-6-15-27/h10-13,19-20H,3-9,14-18H2,1-2H3,(H,25,29)(H,26,30). The van der Waals surface area contributed by atoms with E-state index in [0.29, 0.717) is 18.9 Å². The van der Waals surface area contributed by atoms with E-state index in [9.17, 15) is 9.59 Å². The molecule has 6 heteroatoms. The van der Waals surface area contributed by atoms with Crippen LogP contribution in [0.5, 0.6) is 0 Å². The highest BCUT2D eigenvalue weighted by Crippen LogP contribution is 2.23. The van der Waals surface area contributed by atoms with E-state index in [4.69, 9.17) is 0 Å². The fourth-order valence-electron chi connectivity index (χ4n) is 4.51. The topological polar surface area (TPSA) is 64.7 Å². The zero-order valence-electron chi connectivity index (χ0n) is 18.7. The molecule has 0 bridgehead atoms. The summed E-state index contributed by atoms with van der Waals surface area (Å²) in [4.78, 5) is 29.2. The fourth-order valence-corrected chi connectivity index (χ4v) is 4.51. The second-order valence-corrected chi connectivity index (χ2v) is 8.82. The number of nitrogens with one attached hydrogen (secondary N) is 2. The summed E-state index contributed by atoms with van der Waals surface area (Å²) in [5.74, 6) is 0.587. The molecule has 0 aliphatic carbocycles. The maximum absolute atomic E-state index is 12.8. The fraction of sp³-hybridized carbons (Fsp3) is 0.667. The van der Waals surface area contributed by atoms with Gasteiger partial charge in [-0.05, 0) is 82.2 Å². The summed E-state index contributed by atoms with van der Waals surface area (Å²) < 4.78 is 0. The summed E-state index contributed by atoms with van der Waals surface area (Å²) >= 11 is 0. The number of carbonyl (C=O) groups is 2. The summed E-state index contributed by atoms with van der Waals surface area (Å²) in [6.07, 6.45) is 7.48. The zero-order chi connectivity index (χ0) is 21.3. The second-order valence-electron chi connectivity index (χ2n) is 8.82. The van der Waals surface area contributed by atoms with Gasteiger partial charge in [-0.1, -0.05) is 6.92 Å². The van der Waals surface area contributed by atoms with Gasteiger partial charge >= 0.3 is 0 Å².